The summed E-state index contributed by atoms with van der Waals surface area (Å²) in [5.41, 5.74) is 1.30. The molecule has 2 aromatic heterocycles. The van der Waals surface area contributed by atoms with Crippen LogP contribution in [0.15, 0.2) is 34.1 Å². The maximum absolute atomic E-state index is 12.1. The molecule has 1 aliphatic rings. The van der Waals surface area contributed by atoms with Gasteiger partial charge >= 0.3 is 0 Å². The van der Waals surface area contributed by atoms with Crippen LogP contribution in [-0.4, -0.2) is 40.8 Å². The average Bonchev–Trinajstić information content (AvgIpc) is 3.37. The Labute approximate surface area is 164 Å². The average molecular weight is 399 g/mol. The van der Waals surface area contributed by atoms with E-state index in [0.717, 1.165) is 16.0 Å². The number of nitrogens with one attached hydrogen (secondary N) is 1. The predicted octanol–water partition coefficient (Wildman–Crippen LogP) is 3.04. The standard InChI is InChI=1S/C19H17N3O5S/c1-2-26-12-3-4-14-11(7-12)8-15(27-14)13-10-28-19(20-13)21-16(23)9-22-17(24)5-6-18(22)25/h3-4,7-8,10H,2,5-6,9H2,1H3,(H,20,21,23). The molecule has 1 N–H and O–H groups in total. The molecule has 0 aliphatic carbocycles. The Bertz CT molecular complexity index is 1050. The molecular formula is C19H17N3O5S. The Morgan fingerprint density at radius 2 is 2.07 bits per heavy atom. The monoisotopic (exact) mass is 399 g/mol. The van der Waals surface area contributed by atoms with Gasteiger partial charge in [-0.05, 0) is 31.2 Å². The molecular weight excluding hydrogens is 382 g/mol. The lowest BCUT2D eigenvalue weighted by molar-refractivity contribution is -0.141. The molecule has 0 unspecified atom stereocenters. The molecule has 9 heteroatoms. The zero-order valence-corrected chi connectivity index (χ0v) is 15.9. The summed E-state index contributed by atoms with van der Waals surface area (Å²) in [6.45, 7) is 2.21. The summed E-state index contributed by atoms with van der Waals surface area (Å²) in [7, 11) is 0. The highest BCUT2D eigenvalue weighted by Crippen LogP contribution is 2.32. The van der Waals surface area contributed by atoms with Crippen LogP contribution in [0, 0.1) is 0 Å². The van der Waals surface area contributed by atoms with Gasteiger partial charge in [-0.2, -0.15) is 0 Å². The van der Waals surface area contributed by atoms with Crippen molar-refractivity contribution < 1.29 is 23.5 Å². The van der Waals surface area contributed by atoms with Gasteiger partial charge in [-0.15, -0.1) is 11.3 Å². The third kappa shape index (κ3) is 3.61. The molecule has 28 heavy (non-hydrogen) atoms. The molecule has 0 saturated carbocycles. The zero-order valence-electron chi connectivity index (χ0n) is 15.1. The Balaban J connectivity index is 1.46. The van der Waals surface area contributed by atoms with Gasteiger partial charge in [0.05, 0.1) is 6.61 Å². The number of carbonyl (C=O) groups is 3. The van der Waals surface area contributed by atoms with E-state index in [2.05, 4.69) is 10.3 Å². The van der Waals surface area contributed by atoms with Crippen molar-refractivity contribution in [3.63, 3.8) is 0 Å². The first-order chi connectivity index (χ1) is 13.5. The van der Waals surface area contributed by atoms with Crippen molar-refractivity contribution >= 4 is 45.2 Å². The second-order valence-electron chi connectivity index (χ2n) is 6.20. The van der Waals surface area contributed by atoms with E-state index in [1.807, 2.05) is 31.2 Å². The van der Waals surface area contributed by atoms with E-state index in [0.29, 0.717) is 28.8 Å². The topological polar surface area (TPSA) is 102 Å². The van der Waals surface area contributed by atoms with Gasteiger partial charge in [0, 0.05) is 23.6 Å². The van der Waals surface area contributed by atoms with Gasteiger partial charge in [-0.3, -0.25) is 19.3 Å². The summed E-state index contributed by atoms with van der Waals surface area (Å²) in [6, 6.07) is 7.43. The van der Waals surface area contributed by atoms with Crippen LogP contribution in [0.4, 0.5) is 5.13 Å². The molecule has 1 saturated heterocycles. The quantitative estimate of drug-likeness (QED) is 0.639. The van der Waals surface area contributed by atoms with Crippen molar-refractivity contribution in [2.75, 3.05) is 18.5 Å². The number of benzene rings is 1. The number of amides is 3. The third-order valence-electron chi connectivity index (χ3n) is 4.26. The first-order valence-electron chi connectivity index (χ1n) is 8.79. The van der Waals surface area contributed by atoms with Crippen molar-refractivity contribution in [1.29, 1.82) is 0 Å². The van der Waals surface area contributed by atoms with Gasteiger partial charge in [0.1, 0.15) is 23.6 Å². The van der Waals surface area contributed by atoms with Crippen LogP contribution in [-0.2, 0) is 14.4 Å². The smallest absolute Gasteiger partial charge is 0.246 e. The normalized spacial score (nSPS) is 14.1. The lowest BCUT2D eigenvalue weighted by atomic mass is 10.2. The molecule has 1 aromatic carbocycles. The van der Waals surface area contributed by atoms with Crippen LogP contribution in [0.1, 0.15) is 19.8 Å². The van der Waals surface area contributed by atoms with Gasteiger partial charge in [0.15, 0.2) is 10.9 Å². The van der Waals surface area contributed by atoms with Crippen molar-refractivity contribution in [2.45, 2.75) is 19.8 Å². The number of ether oxygens (including phenoxy) is 1. The number of rotatable bonds is 6. The molecule has 3 amide bonds. The highest BCUT2D eigenvalue weighted by molar-refractivity contribution is 7.14. The SMILES string of the molecule is CCOc1ccc2oc(-c3csc(NC(=O)CN4C(=O)CCC4=O)n3)cc2c1. The van der Waals surface area contributed by atoms with Gasteiger partial charge < -0.3 is 14.5 Å². The lowest BCUT2D eigenvalue weighted by Gasteiger charge is -2.12. The number of carbonyl (C=O) groups excluding carboxylic acids is 3. The number of imide groups is 1. The fourth-order valence-electron chi connectivity index (χ4n) is 2.95. The minimum atomic E-state index is -0.463. The number of fused-ring (bicyclic) bond motifs is 1. The molecule has 0 atom stereocenters. The fraction of sp³-hybridized carbons (Fsp3) is 0.263. The first kappa shape index (κ1) is 18.2. The summed E-state index contributed by atoms with van der Waals surface area (Å²) in [5, 5.41) is 5.65. The molecule has 8 nitrogen and oxygen atoms in total. The maximum Gasteiger partial charge on any atom is 0.246 e. The number of hydrogen-bond donors (Lipinski definition) is 1. The molecule has 0 spiro atoms. The van der Waals surface area contributed by atoms with E-state index in [9.17, 15) is 14.4 Å². The summed E-state index contributed by atoms with van der Waals surface area (Å²) >= 11 is 1.24. The van der Waals surface area contributed by atoms with E-state index < -0.39 is 5.91 Å². The molecule has 144 valence electrons. The van der Waals surface area contributed by atoms with Crippen molar-refractivity contribution in [2.24, 2.45) is 0 Å². The number of aromatic nitrogens is 1. The molecule has 1 aliphatic heterocycles. The second kappa shape index (κ2) is 7.43. The van der Waals surface area contributed by atoms with Crippen LogP contribution in [0.5, 0.6) is 5.75 Å². The molecule has 0 radical (unpaired) electrons. The van der Waals surface area contributed by atoms with Crippen LogP contribution in [0.25, 0.3) is 22.4 Å². The van der Waals surface area contributed by atoms with Crippen molar-refractivity contribution in [3.8, 4) is 17.2 Å². The van der Waals surface area contributed by atoms with E-state index in [-0.39, 0.29) is 31.2 Å². The van der Waals surface area contributed by atoms with E-state index in [4.69, 9.17) is 9.15 Å². The van der Waals surface area contributed by atoms with Gasteiger partial charge in [-0.25, -0.2) is 4.98 Å². The molecule has 0 bridgehead atoms. The summed E-state index contributed by atoms with van der Waals surface area (Å²) < 4.78 is 11.3. The maximum atomic E-state index is 12.1. The summed E-state index contributed by atoms with van der Waals surface area (Å²) in [6.07, 6.45) is 0.315. The van der Waals surface area contributed by atoms with Crippen LogP contribution in [0.3, 0.4) is 0 Å². The van der Waals surface area contributed by atoms with Gasteiger partial charge in [-0.1, -0.05) is 0 Å². The largest absolute Gasteiger partial charge is 0.494 e. The molecule has 3 aromatic rings. The number of furan rings is 1. The third-order valence-corrected chi connectivity index (χ3v) is 5.02. The first-order valence-corrected chi connectivity index (χ1v) is 9.67. The Hall–Kier alpha value is -3.20. The number of thiazole rings is 1. The van der Waals surface area contributed by atoms with Crippen LogP contribution in [0.2, 0.25) is 0 Å². The number of likely N-dealkylation sites (tertiary alicyclic amines) is 1. The van der Waals surface area contributed by atoms with E-state index >= 15 is 0 Å². The molecule has 3 heterocycles. The van der Waals surface area contributed by atoms with E-state index in [1.165, 1.54) is 11.3 Å². The lowest BCUT2D eigenvalue weighted by Crippen LogP contribution is -2.36. The van der Waals surface area contributed by atoms with Gasteiger partial charge in [0.2, 0.25) is 17.7 Å². The minimum absolute atomic E-state index is 0.157. The summed E-state index contributed by atoms with van der Waals surface area (Å²) in [4.78, 5) is 40.7. The summed E-state index contributed by atoms with van der Waals surface area (Å²) in [5.74, 6) is 0.225. The van der Waals surface area contributed by atoms with Crippen molar-refractivity contribution in [1.82, 2.24) is 9.88 Å². The van der Waals surface area contributed by atoms with Crippen LogP contribution >= 0.6 is 11.3 Å². The minimum Gasteiger partial charge on any atom is -0.494 e. The zero-order chi connectivity index (χ0) is 19.7. The Kier molecular flexibility index (Phi) is 4.82. The Morgan fingerprint density at radius 1 is 1.29 bits per heavy atom. The second-order valence-corrected chi connectivity index (χ2v) is 7.06. The number of nitrogens with zero attached hydrogens (tertiary/aromatic N) is 2. The number of hydrogen-bond acceptors (Lipinski definition) is 7. The molecule has 4 rings (SSSR count). The Morgan fingerprint density at radius 3 is 2.82 bits per heavy atom. The number of anilines is 1. The fourth-order valence-corrected chi connectivity index (χ4v) is 3.67. The van der Waals surface area contributed by atoms with Crippen molar-refractivity contribution in [3.05, 3.63) is 29.6 Å². The predicted molar refractivity (Wildman–Crippen MR) is 103 cm³/mol. The van der Waals surface area contributed by atoms with E-state index in [1.54, 1.807) is 5.38 Å². The van der Waals surface area contributed by atoms with Gasteiger partial charge in [0.25, 0.3) is 0 Å². The van der Waals surface area contributed by atoms with Crippen LogP contribution < -0.4 is 10.1 Å². The molecule has 1 fully saturated rings. The highest BCUT2D eigenvalue weighted by Gasteiger charge is 2.30. The highest BCUT2D eigenvalue weighted by atomic mass is 32.1.